The molecule has 1 N–H and O–H groups in total. The molecule has 1 amide bonds. The summed E-state index contributed by atoms with van der Waals surface area (Å²) in [6.07, 6.45) is 2.86. The second-order valence-electron chi connectivity index (χ2n) is 6.43. The lowest BCUT2D eigenvalue weighted by Gasteiger charge is -2.18. The highest BCUT2D eigenvalue weighted by atomic mass is 32.2. The van der Waals surface area contributed by atoms with E-state index in [1.165, 1.54) is 23.3 Å². The van der Waals surface area contributed by atoms with Crippen molar-refractivity contribution in [3.63, 3.8) is 0 Å². The van der Waals surface area contributed by atoms with Crippen LogP contribution in [0, 0.1) is 5.92 Å². The van der Waals surface area contributed by atoms with E-state index in [0.29, 0.717) is 22.0 Å². The maximum absolute atomic E-state index is 12.9. The van der Waals surface area contributed by atoms with Crippen molar-refractivity contribution in [3.05, 3.63) is 45.8 Å². The number of esters is 1. The Kier molecular flexibility index (Phi) is 6.04. The summed E-state index contributed by atoms with van der Waals surface area (Å²) in [5.74, 6) is 0.932. The Morgan fingerprint density at radius 1 is 1.35 bits per heavy atom. The summed E-state index contributed by atoms with van der Waals surface area (Å²) < 4.78 is 4.99. The van der Waals surface area contributed by atoms with E-state index in [1.54, 1.807) is 11.8 Å². The second kappa shape index (κ2) is 8.27. The molecule has 0 aliphatic heterocycles. The smallest absolute Gasteiger partial charge is 0.341 e. The van der Waals surface area contributed by atoms with Crippen LogP contribution in [0.15, 0.2) is 29.2 Å². The minimum absolute atomic E-state index is 0.182. The molecule has 26 heavy (non-hydrogen) atoms. The summed E-state index contributed by atoms with van der Waals surface area (Å²) in [5.41, 5.74) is 2.22. The van der Waals surface area contributed by atoms with E-state index < -0.39 is 0 Å². The third-order valence-corrected chi connectivity index (χ3v) is 6.69. The normalized spacial score (nSPS) is 16.0. The quantitative estimate of drug-likeness (QED) is 0.576. The molecule has 1 atom stereocenters. The molecule has 0 radical (unpaired) electrons. The Morgan fingerprint density at radius 2 is 2.12 bits per heavy atom. The molecular formula is C20H23NO3S2. The minimum Gasteiger partial charge on any atom is -0.465 e. The predicted octanol–water partition coefficient (Wildman–Crippen LogP) is 5.02. The highest BCUT2D eigenvalue weighted by molar-refractivity contribution is 7.99. The molecule has 4 nitrogen and oxygen atoms in total. The summed E-state index contributed by atoms with van der Waals surface area (Å²) in [7, 11) is 1.39. The first kappa shape index (κ1) is 19.0. The van der Waals surface area contributed by atoms with E-state index in [4.69, 9.17) is 4.74 Å². The second-order valence-corrected chi connectivity index (χ2v) is 8.84. The van der Waals surface area contributed by atoms with Crippen LogP contribution in [-0.2, 0) is 17.6 Å². The van der Waals surface area contributed by atoms with Gasteiger partial charge in [-0.25, -0.2) is 4.79 Å². The number of hydrogen-bond acceptors (Lipinski definition) is 5. The number of rotatable bonds is 5. The molecular weight excluding hydrogens is 366 g/mol. The lowest BCUT2D eigenvalue weighted by molar-refractivity contribution is 0.0601. The van der Waals surface area contributed by atoms with Gasteiger partial charge in [0.15, 0.2) is 0 Å². The van der Waals surface area contributed by atoms with Crippen molar-refractivity contribution in [2.24, 2.45) is 5.92 Å². The monoisotopic (exact) mass is 389 g/mol. The zero-order chi connectivity index (χ0) is 18.7. The van der Waals surface area contributed by atoms with Crippen LogP contribution in [-0.4, -0.2) is 24.7 Å². The number of hydrogen-bond donors (Lipinski definition) is 1. The lowest BCUT2D eigenvalue weighted by Crippen LogP contribution is -2.16. The van der Waals surface area contributed by atoms with Gasteiger partial charge < -0.3 is 10.1 Å². The average Bonchev–Trinajstić information content (AvgIpc) is 2.98. The van der Waals surface area contributed by atoms with Gasteiger partial charge >= 0.3 is 5.97 Å². The number of amides is 1. The van der Waals surface area contributed by atoms with E-state index in [2.05, 4.69) is 19.2 Å². The van der Waals surface area contributed by atoms with Gasteiger partial charge in [-0.2, -0.15) is 0 Å². The van der Waals surface area contributed by atoms with Gasteiger partial charge in [0.1, 0.15) is 5.00 Å². The van der Waals surface area contributed by atoms with Crippen LogP contribution in [0.2, 0.25) is 0 Å². The molecule has 2 aromatic rings. The number of methoxy groups -OCH3 is 1. The maximum atomic E-state index is 12.9. The van der Waals surface area contributed by atoms with Crippen molar-refractivity contribution in [2.45, 2.75) is 38.0 Å². The van der Waals surface area contributed by atoms with Crippen LogP contribution in [0.25, 0.3) is 0 Å². The van der Waals surface area contributed by atoms with Crippen LogP contribution < -0.4 is 5.32 Å². The molecule has 6 heteroatoms. The van der Waals surface area contributed by atoms with Crippen LogP contribution in [0.5, 0.6) is 0 Å². The molecule has 1 aromatic carbocycles. The molecule has 0 fully saturated rings. The van der Waals surface area contributed by atoms with Crippen molar-refractivity contribution < 1.29 is 14.3 Å². The van der Waals surface area contributed by atoms with Crippen LogP contribution in [0.3, 0.4) is 0 Å². The van der Waals surface area contributed by atoms with E-state index >= 15 is 0 Å². The van der Waals surface area contributed by atoms with Crippen LogP contribution in [0.1, 0.15) is 51.4 Å². The molecule has 1 aliphatic carbocycles. The summed E-state index contributed by atoms with van der Waals surface area (Å²) in [4.78, 5) is 27.4. The molecule has 0 bridgehead atoms. The zero-order valence-electron chi connectivity index (χ0n) is 15.3. The van der Waals surface area contributed by atoms with Gasteiger partial charge in [0.2, 0.25) is 0 Å². The van der Waals surface area contributed by atoms with E-state index in [1.807, 2.05) is 24.3 Å². The number of ether oxygens (including phenoxy) is 1. The Labute approximate surface area is 162 Å². The van der Waals surface area contributed by atoms with Crippen molar-refractivity contribution >= 4 is 40.0 Å². The number of carbonyl (C=O) groups is 2. The number of anilines is 1. The van der Waals surface area contributed by atoms with Gasteiger partial charge in [-0.3, -0.25) is 4.79 Å². The number of carbonyl (C=O) groups excluding carboxylic acids is 2. The third kappa shape index (κ3) is 3.81. The first-order valence-corrected chi connectivity index (χ1v) is 10.6. The summed E-state index contributed by atoms with van der Waals surface area (Å²) in [6.45, 7) is 4.28. The summed E-state index contributed by atoms with van der Waals surface area (Å²) in [5, 5.41) is 3.59. The van der Waals surface area contributed by atoms with Gasteiger partial charge in [0.25, 0.3) is 5.91 Å². The van der Waals surface area contributed by atoms with E-state index in [-0.39, 0.29) is 11.9 Å². The third-order valence-electron chi connectivity index (χ3n) is 4.56. The molecule has 0 spiro atoms. The molecule has 138 valence electrons. The van der Waals surface area contributed by atoms with Crippen molar-refractivity contribution in [3.8, 4) is 0 Å². The predicted molar refractivity (Wildman–Crippen MR) is 108 cm³/mol. The molecule has 3 rings (SSSR count). The van der Waals surface area contributed by atoms with Crippen molar-refractivity contribution in [2.75, 3.05) is 18.2 Å². The molecule has 1 unspecified atom stereocenters. The van der Waals surface area contributed by atoms with Crippen molar-refractivity contribution in [1.82, 2.24) is 0 Å². The van der Waals surface area contributed by atoms with Gasteiger partial charge in [-0.05, 0) is 48.6 Å². The molecule has 1 aliphatic rings. The van der Waals surface area contributed by atoms with Gasteiger partial charge in [0, 0.05) is 9.77 Å². The van der Waals surface area contributed by atoms with E-state index in [0.717, 1.165) is 35.5 Å². The number of thioether (sulfide) groups is 1. The fourth-order valence-corrected chi connectivity index (χ4v) is 5.46. The lowest BCUT2D eigenvalue weighted by atomic mass is 9.88. The standard InChI is InChI=1S/C20H23NO3S2/c1-4-25-15-8-6-5-7-14(15)18(22)21-19-17(20(23)24-3)13-10-9-12(2)11-16(13)26-19/h5-8,12H,4,9-11H2,1-3H3,(H,21,22). The molecule has 0 saturated carbocycles. The number of fused-ring (bicyclic) bond motifs is 1. The van der Waals surface area contributed by atoms with E-state index in [9.17, 15) is 9.59 Å². The fraction of sp³-hybridized carbons (Fsp3) is 0.400. The Bertz CT molecular complexity index is 828. The SMILES string of the molecule is CCSc1ccccc1C(=O)Nc1sc2c(c1C(=O)OC)CCC(C)C2. The fourth-order valence-electron chi connectivity index (χ4n) is 3.26. The Balaban J connectivity index is 1.95. The molecule has 0 saturated heterocycles. The van der Waals surface area contributed by atoms with Crippen LogP contribution >= 0.6 is 23.1 Å². The van der Waals surface area contributed by atoms with Gasteiger partial charge in [-0.15, -0.1) is 23.1 Å². The summed E-state index contributed by atoms with van der Waals surface area (Å²) in [6, 6.07) is 7.56. The topological polar surface area (TPSA) is 55.4 Å². The summed E-state index contributed by atoms with van der Waals surface area (Å²) >= 11 is 3.15. The molecule has 1 heterocycles. The largest absolute Gasteiger partial charge is 0.465 e. The molecule has 1 aromatic heterocycles. The maximum Gasteiger partial charge on any atom is 0.341 e. The number of nitrogens with one attached hydrogen (secondary N) is 1. The first-order valence-electron chi connectivity index (χ1n) is 8.81. The highest BCUT2D eigenvalue weighted by Crippen LogP contribution is 2.40. The first-order chi connectivity index (χ1) is 12.5. The minimum atomic E-state index is -0.372. The van der Waals surface area contributed by atoms with Gasteiger partial charge in [-0.1, -0.05) is 26.0 Å². The van der Waals surface area contributed by atoms with Crippen LogP contribution in [0.4, 0.5) is 5.00 Å². The Hall–Kier alpha value is -1.79. The Morgan fingerprint density at radius 3 is 2.85 bits per heavy atom. The van der Waals surface area contributed by atoms with Crippen molar-refractivity contribution in [1.29, 1.82) is 0 Å². The number of thiophene rings is 1. The number of benzene rings is 1. The zero-order valence-corrected chi connectivity index (χ0v) is 16.9. The van der Waals surface area contributed by atoms with Gasteiger partial charge in [0.05, 0.1) is 18.2 Å². The average molecular weight is 390 g/mol. The highest BCUT2D eigenvalue weighted by Gasteiger charge is 2.29.